The van der Waals surface area contributed by atoms with Crippen LogP contribution < -0.4 is 0 Å². The Kier molecular flexibility index (Phi) is 15.6. The molecule has 74 heavy (non-hydrogen) atoms. The monoisotopic (exact) mass is 1060 g/mol. The van der Waals surface area contributed by atoms with E-state index in [0.717, 1.165) is 32.1 Å². The molecule has 0 radical (unpaired) electrons. The fraction of sp³-hybridized carbons (Fsp3) is 0.943. The van der Waals surface area contributed by atoms with Gasteiger partial charge in [-0.05, 0) is 116 Å². The van der Waals surface area contributed by atoms with Crippen molar-refractivity contribution >= 4 is 5.97 Å². The van der Waals surface area contributed by atoms with Crippen LogP contribution in [0.2, 0.25) is 0 Å². The number of rotatable bonds is 10. The zero-order valence-corrected chi connectivity index (χ0v) is 44.3. The fourth-order valence-corrected chi connectivity index (χ4v) is 16.3. The number of ether oxygens (including phenoxy) is 8. The molecule has 9 aliphatic rings. The maximum atomic E-state index is 13.2. The third-order valence-electron chi connectivity index (χ3n) is 21.0. The summed E-state index contributed by atoms with van der Waals surface area (Å²) in [5.74, 6) is -0.885. The number of carboxylic acids is 1. The van der Waals surface area contributed by atoms with E-state index in [1.165, 1.54) is 19.4 Å². The first-order valence-electron chi connectivity index (χ1n) is 27.0. The topological polar surface area (TPSA) is 334 Å². The Balaban J connectivity index is 0.943. The van der Waals surface area contributed by atoms with Gasteiger partial charge < -0.3 is 99.2 Å². The van der Waals surface area contributed by atoms with Crippen LogP contribution >= 0.6 is 0 Å². The lowest BCUT2D eigenvalue weighted by Crippen LogP contribution is -2.68. The second kappa shape index (κ2) is 20.2. The molecule has 0 aromatic heterocycles. The molecule has 0 aromatic carbocycles. The van der Waals surface area contributed by atoms with E-state index in [4.69, 9.17) is 37.9 Å². The molecule has 4 saturated carbocycles. The van der Waals surface area contributed by atoms with Gasteiger partial charge in [0.05, 0.1) is 37.6 Å². The highest BCUT2D eigenvalue weighted by atomic mass is 16.8. The van der Waals surface area contributed by atoms with Crippen LogP contribution in [0.3, 0.4) is 0 Å². The fourth-order valence-electron chi connectivity index (χ4n) is 16.3. The van der Waals surface area contributed by atoms with E-state index in [-0.39, 0.29) is 40.6 Å². The van der Waals surface area contributed by atoms with Gasteiger partial charge in [-0.1, -0.05) is 60.1 Å². The van der Waals surface area contributed by atoms with Crippen molar-refractivity contribution in [1.82, 2.24) is 0 Å². The minimum Gasteiger partial charge on any atom is -0.481 e. The summed E-state index contributed by atoms with van der Waals surface area (Å²) in [6.07, 6.45) is -22.7. The molecule has 424 valence electrons. The number of allylic oxidation sites excluding steroid dienone is 2. The van der Waals surface area contributed by atoms with E-state index in [1.54, 1.807) is 0 Å². The molecule has 4 aliphatic heterocycles. The molecule has 28 atom stereocenters. The summed E-state index contributed by atoms with van der Waals surface area (Å²) in [5, 5.41) is 132. The van der Waals surface area contributed by atoms with Gasteiger partial charge in [-0.2, -0.15) is 0 Å². The van der Waals surface area contributed by atoms with Crippen molar-refractivity contribution in [1.29, 1.82) is 0 Å². The van der Waals surface area contributed by atoms with E-state index in [0.29, 0.717) is 25.7 Å². The van der Waals surface area contributed by atoms with E-state index in [2.05, 4.69) is 54.5 Å². The van der Waals surface area contributed by atoms with Crippen LogP contribution in [-0.2, 0) is 42.7 Å². The standard InChI is InChI=1S/C53H86O21/c1-22-32(56)35(59)38(62)44(69-22)74-42-33(57)23(2)70-46(40(42)64)73-41-27(21-68-43-37(61)34(58)26(54)20-67-43)71-45(39(63)36(41)60)72-31-13-14-50(7)28(49(31,5)6)12-15-51(8)29(50)11-10-24-25-18-48(3,4)16-17-53(25,47(65)66)30(55)19-52(24,51)9/h10,22-23,25-46,54-64H,11-21H2,1-9H3,(H,65,66). The maximum absolute atomic E-state index is 13.2. The van der Waals surface area contributed by atoms with Gasteiger partial charge in [0.2, 0.25) is 0 Å². The van der Waals surface area contributed by atoms with Crippen molar-refractivity contribution < 1.29 is 104 Å². The molecular weight excluding hydrogens is 973 g/mol. The second-order valence-electron chi connectivity index (χ2n) is 25.9. The molecule has 5 aliphatic carbocycles. The van der Waals surface area contributed by atoms with Crippen LogP contribution in [0, 0.1) is 50.2 Å². The molecule has 0 amide bonds. The zero-order chi connectivity index (χ0) is 54.2. The van der Waals surface area contributed by atoms with Crippen molar-refractivity contribution in [2.75, 3.05) is 13.2 Å². The van der Waals surface area contributed by atoms with Crippen LogP contribution in [0.25, 0.3) is 0 Å². The van der Waals surface area contributed by atoms with Crippen LogP contribution in [0.15, 0.2) is 11.6 Å². The zero-order valence-electron chi connectivity index (χ0n) is 44.3. The molecule has 28 unspecified atom stereocenters. The van der Waals surface area contributed by atoms with Crippen molar-refractivity contribution in [3.8, 4) is 0 Å². The van der Waals surface area contributed by atoms with Gasteiger partial charge in [0.15, 0.2) is 25.2 Å². The SMILES string of the molecule is CC1OC(OC2C(O)C(C)OC(OC3C(COC4OCC(O)C(O)C4O)OC(OC4CCC5(C)C(CCC6(C)C5CC=C5C7CC(C)(C)CCC7(C(=O)O)C(O)CC56C)C4(C)C)C(O)C3O)C2O)C(O)C(O)C1O. The summed E-state index contributed by atoms with van der Waals surface area (Å²) in [6.45, 7) is 17.7. The third-order valence-corrected chi connectivity index (χ3v) is 21.0. The lowest BCUT2D eigenvalue weighted by molar-refractivity contribution is -0.384. The van der Waals surface area contributed by atoms with Crippen molar-refractivity contribution in [3.05, 3.63) is 11.6 Å². The minimum atomic E-state index is -1.86. The number of aliphatic hydroxyl groups excluding tert-OH is 11. The first-order chi connectivity index (χ1) is 34.4. The smallest absolute Gasteiger partial charge is 0.312 e. The largest absolute Gasteiger partial charge is 0.481 e. The Labute approximate surface area is 433 Å². The number of hydrogen-bond donors (Lipinski definition) is 12. The molecule has 8 fully saturated rings. The van der Waals surface area contributed by atoms with Crippen LogP contribution in [0.5, 0.6) is 0 Å². The van der Waals surface area contributed by atoms with E-state index in [1.807, 2.05) is 0 Å². The van der Waals surface area contributed by atoms with Crippen molar-refractivity contribution in [2.24, 2.45) is 50.2 Å². The number of carbonyl (C=O) groups is 1. The van der Waals surface area contributed by atoms with Gasteiger partial charge in [-0.3, -0.25) is 4.79 Å². The molecule has 0 aromatic rings. The van der Waals surface area contributed by atoms with Gasteiger partial charge in [0.1, 0.15) is 84.8 Å². The quantitative estimate of drug-likeness (QED) is 0.103. The van der Waals surface area contributed by atoms with Crippen molar-refractivity contribution in [2.45, 2.75) is 249 Å². The minimum absolute atomic E-state index is 0.0668. The number of aliphatic hydroxyl groups is 11. The molecule has 9 rings (SSSR count). The summed E-state index contributed by atoms with van der Waals surface area (Å²) in [7, 11) is 0. The Morgan fingerprint density at radius 1 is 0.622 bits per heavy atom. The molecule has 21 heteroatoms. The van der Waals surface area contributed by atoms with E-state index in [9.17, 15) is 66.1 Å². The van der Waals surface area contributed by atoms with Gasteiger partial charge in [-0.15, -0.1) is 0 Å². The average molecular weight is 1060 g/mol. The van der Waals surface area contributed by atoms with Gasteiger partial charge in [-0.25, -0.2) is 0 Å². The summed E-state index contributed by atoms with van der Waals surface area (Å²) in [5.41, 5.74) is -1.53. The van der Waals surface area contributed by atoms with Gasteiger partial charge >= 0.3 is 5.97 Å². The molecule has 4 heterocycles. The summed E-state index contributed by atoms with van der Waals surface area (Å²) in [4.78, 5) is 13.2. The first kappa shape index (κ1) is 57.1. The Morgan fingerprint density at radius 2 is 1.23 bits per heavy atom. The van der Waals surface area contributed by atoms with Crippen molar-refractivity contribution in [3.63, 3.8) is 0 Å². The van der Waals surface area contributed by atoms with Gasteiger partial charge in [0, 0.05) is 0 Å². The molecular formula is C53H86O21. The highest BCUT2D eigenvalue weighted by Crippen LogP contribution is 2.76. The second-order valence-corrected chi connectivity index (χ2v) is 25.9. The number of aliphatic carboxylic acids is 1. The molecule has 21 nitrogen and oxygen atoms in total. The predicted molar refractivity (Wildman–Crippen MR) is 256 cm³/mol. The molecule has 12 N–H and O–H groups in total. The Morgan fingerprint density at radius 3 is 1.91 bits per heavy atom. The summed E-state index contributed by atoms with van der Waals surface area (Å²) in [6, 6.07) is 0. The highest BCUT2D eigenvalue weighted by Gasteiger charge is 2.72. The lowest BCUT2D eigenvalue weighted by Gasteiger charge is -2.71. The summed E-state index contributed by atoms with van der Waals surface area (Å²) >= 11 is 0. The normalized spacial score (nSPS) is 55.2. The number of hydrogen-bond acceptors (Lipinski definition) is 20. The van der Waals surface area contributed by atoms with Crippen LogP contribution in [0.4, 0.5) is 0 Å². The number of carboxylic acid groups (broad SMARTS) is 1. The predicted octanol–water partition coefficient (Wildman–Crippen LogP) is 0.196. The lowest BCUT2D eigenvalue weighted by atomic mass is 9.33. The molecule has 0 spiro atoms. The third kappa shape index (κ3) is 9.08. The molecule has 0 bridgehead atoms. The highest BCUT2D eigenvalue weighted by molar-refractivity contribution is 5.77. The first-order valence-corrected chi connectivity index (χ1v) is 27.0. The maximum Gasteiger partial charge on any atom is 0.312 e. The Hall–Kier alpha value is -1.55. The molecule has 4 saturated heterocycles. The van der Waals surface area contributed by atoms with E-state index >= 15 is 0 Å². The summed E-state index contributed by atoms with van der Waals surface area (Å²) < 4.78 is 48.2. The Bertz CT molecular complexity index is 2060. The van der Waals surface area contributed by atoms with Gasteiger partial charge in [0.25, 0.3) is 0 Å². The average Bonchev–Trinajstić information content (AvgIpc) is 3.32. The number of fused-ring (bicyclic) bond motifs is 7. The van der Waals surface area contributed by atoms with E-state index < -0.39 is 158 Å². The van der Waals surface area contributed by atoms with Crippen LogP contribution in [0.1, 0.15) is 120 Å². The van der Waals surface area contributed by atoms with Crippen LogP contribution in [-0.4, -0.2) is 209 Å².